The standard InChI is InChI=1S/C22H28N2O3Si/c1-4-25-28(26-5-2,27-6-3)18-24-17-23-21(19-13-9-7-10-14-19)22(24)20-15-11-8-12-16-20/h7-17H,4-6,18H2,1-3H3. The van der Waals surface area contributed by atoms with Crippen molar-refractivity contribution in [3.63, 3.8) is 0 Å². The topological polar surface area (TPSA) is 45.5 Å². The molecule has 0 spiro atoms. The SMILES string of the molecule is CCO[Si](Cn1cnc(-c2ccccc2)c1-c1ccccc1)(OCC)OCC. The Hall–Kier alpha value is -2.25. The lowest BCUT2D eigenvalue weighted by Gasteiger charge is -2.29. The Bertz CT molecular complexity index is 836. The average molecular weight is 397 g/mol. The number of hydrogen-bond acceptors (Lipinski definition) is 4. The molecule has 0 fully saturated rings. The van der Waals surface area contributed by atoms with Crippen LogP contribution >= 0.6 is 0 Å². The van der Waals surface area contributed by atoms with E-state index in [9.17, 15) is 0 Å². The van der Waals surface area contributed by atoms with E-state index < -0.39 is 8.80 Å². The van der Waals surface area contributed by atoms with E-state index in [4.69, 9.17) is 18.3 Å². The van der Waals surface area contributed by atoms with Gasteiger partial charge in [0.2, 0.25) is 0 Å². The van der Waals surface area contributed by atoms with Crippen LogP contribution in [0.25, 0.3) is 22.5 Å². The summed E-state index contributed by atoms with van der Waals surface area (Å²) in [6, 6.07) is 20.5. The maximum Gasteiger partial charge on any atom is 0.521 e. The van der Waals surface area contributed by atoms with Gasteiger partial charge in [0, 0.05) is 30.9 Å². The average Bonchev–Trinajstić information content (AvgIpc) is 3.13. The second-order valence-corrected chi connectivity index (χ2v) is 8.83. The highest BCUT2D eigenvalue weighted by molar-refractivity contribution is 6.59. The predicted octanol–water partition coefficient (Wildman–Crippen LogP) is 4.80. The molecule has 0 bridgehead atoms. The minimum absolute atomic E-state index is 0.520. The van der Waals surface area contributed by atoms with Gasteiger partial charge in [-0.05, 0) is 20.8 Å². The lowest BCUT2D eigenvalue weighted by Crippen LogP contribution is -2.50. The predicted molar refractivity (Wildman–Crippen MR) is 114 cm³/mol. The van der Waals surface area contributed by atoms with Crippen LogP contribution in [0.5, 0.6) is 0 Å². The van der Waals surface area contributed by atoms with Gasteiger partial charge >= 0.3 is 8.80 Å². The van der Waals surface area contributed by atoms with Crippen molar-refractivity contribution in [2.45, 2.75) is 26.9 Å². The summed E-state index contributed by atoms with van der Waals surface area (Å²) in [5.41, 5.74) is 4.17. The maximum absolute atomic E-state index is 6.07. The summed E-state index contributed by atoms with van der Waals surface area (Å²) in [7, 11) is -2.87. The zero-order valence-electron chi connectivity index (χ0n) is 16.8. The van der Waals surface area contributed by atoms with Crippen LogP contribution in [-0.2, 0) is 19.4 Å². The smallest absolute Gasteiger partial charge is 0.373 e. The van der Waals surface area contributed by atoms with Gasteiger partial charge in [0.1, 0.15) is 0 Å². The summed E-state index contributed by atoms with van der Waals surface area (Å²) in [6.45, 7) is 7.57. The molecule has 0 unspecified atom stereocenters. The largest absolute Gasteiger partial charge is 0.521 e. The molecular weight excluding hydrogens is 368 g/mol. The maximum atomic E-state index is 6.07. The Morgan fingerprint density at radius 1 is 0.750 bits per heavy atom. The normalized spacial score (nSPS) is 11.7. The van der Waals surface area contributed by atoms with Crippen LogP contribution in [0.1, 0.15) is 20.8 Å². The Morgan fingerprint density at radius 2 is 1.25 bits per heavy atom. The fraction of sp³-hybridized carbons (Fsp3) is 0.318. The summed E-state index contributed by atoms with van der Waals surface area (Å²) in [5, 5.41) is 0. The van der Waals surface area contributed by atoms with E-state index in [0.29, 0.717) is 26.0 Å². The number of hydrogen-bond donors (Lipinski definition) is 0. The third kappa shape index (κ3) is 4.59. The minimum Gasteiger partial charge on any atom is -0.373 e. The molecule has 0 aliphatic carbocycles. The van der Waals surface area contributed by atoms with Crippen molar-refractivity contribution >= 4 is 8.80 Å². The van der Waals surface area contributed by atoms with Crippen molar-refractivity contribution < 1.29 is 13.3 Å². The molecule has 2 aromatic carbocycles. The Kier molecular flexibility index (Phi) is 7.16. The molecule has 0 aliphatic heterocycles. The Morgan fingerprint density at radius 3 is 1.75 bits per heavy atom. The van der Waals surface area contributed by atoms with Gasteiger partial charge in [-0.25, -0.2) is 4.98 Å². The second kappa shape index (κ2) is 9.79. The molecule has 3 rings (SSSR count). The Labute approximate surface area is 168 Å². The summed E-state index contributed by atoms with van der Waals surface area (Å²) in [5.74, 6) is 0. The fourth-order valence-electron chi connectivity index (χ4n) is 3.34. The van der Waals surface area contributed by atoms with Gasteiger partial charge in [0.25, 0.3) is 0 Å². The second-order valence-electron chi connectivity index (χ2n) is 6.28. The van der Waals surface area contributed by atoms with Gasteiger partial charge in [-0.15, -0.1) is 0 Å². The molecule has 5 nitrogen and oxygen atoms in total. The van der Waals surface area contributed by atoms with E-state index in [1.165, 1.54) is 0 Å². The van der Waals surface area contributed by atoms with Crippen molar-refractivity contribution in [1.82, 2.24) is 9.55 Å². The molecule has 0 atom stereocenters. The first-order valence-electron chi connectivity index (χ1n) is 9.80. The number of aromatic nitrogens is 2. The number of benzene rings is 2. The van der Waals surface area contributed by atoms with Crippen LogP contribution in [0.4, 0.5) is 0 Å². The molecule has 1 heterocycles. The van der Waals surface area contributed by atoms with Crippen molar-refractivity contribution in [3.05, 3.63) is 67.0 Å². The summed E-state index contributed by atoms with van der Waals surface area (Å²) in [6.07, 6.45) is 2.38. The van der Waals surface area contributed by atoms with E-state index in [-0.39, 0.29) is 0 Å². The molecule has 0 saturated heterocycles. The van der Waals surface area contributed by atoms with Crippen molar-refractivity contribution in [3.8, 4) is 22.5 Å². The van der Waals surface area contributed by atoms with Gasteiger partial charge in [0.05, 0.1) is 23.9 Å². The zero-order chi connectivity index (χ0) is 19.8. The van der Waals surface area contributed by atoms with Crippen molar-refractivity contribution in [2.75, 3.05) is 19.8 Å². The third-order valence-corrected chi connectivity index (χ3v) is 7.30. The third-order valence-electron chi connectivity index (χ3n) is 4.39. The first-order valence-corrected chi connectivity index (χ1v) is 11.7. The summed E-state index contributed by atoms with van der Waals surface area (Å²) >= 11 is 0. The Balaban J connectivity index is 2.09. The molecule has 0 N–H and O–H groups in total. The lowest BCUT2D eigenvalue weighted by molar-refractivity contribution is 0.0651. The first kappa shape index (κ1) is 20.5. The zero-order valence-corrected chi connectivity index (χ0v) is 17.8. The number of rotatable bonds is 10. The molecule has 6 heteroatoms. The number of imidazole rings is 1. The molecule has 0 saturated carbocycles. The van der Waals surface area contributed by atoms with Gasteiger partial charge in [-0.1, -0.05) is 60.7 Å². The summed E-state index contributed by atoms with van der Waals surface area (Å²) < 4.78 is 20.3. The van der Waals surface area contributed by atoms with E-state index in [0.717, 1.165) is 22.5 Å². The number of nitrogens with zero attached hydrogens (tertiary/aromatic N) is 2. The van der Waals surface area contributed by atoms with E-state index >= 15 is 0 Å². The van der Waals surface area contributed by atoms with Gasteiger partial charge < -0.3 is 17.8 Å². The fourth-order valence-corrected chi connectivity index (χ4v) is 5.84. The molecule has 0 aliphatic rings. The van der Waals surface area contributed by atoms with Gasteiger partial charge in [-0.3, -0.25) is 0 Å². The highest BCUT2D eigenvalue weighted by Gasteiger charge is 2.42. The molecule has 0 amide bonds. The molecule has 3 aromatic rings. The van der Waals surface area contributed by atoms with Crippen molar-refractivity contribution in [2.24, 2.45) is 0 Å². The van der Waals surface area contributed by atoms with E-state index in [2.05, 4.69) is 28.8 Å². The molecular formula is C22H28N2O3Si. The molecule has 0 radical (unpaired) electrons. The molecule has 1 aromatic heterocycles. The molecule has 28 heavy (non-hydrogen) atoms. The van der Waals surface area contributed by atoms with E-state index in [1.807, 2.05) is 63.5 Å². The minimum atomic E-state index is -2.87. The lowest BCUT2D eigenvalue weighted by atomic mass is 10.1. The van der Waals surface area contributed by atoms with Crippen molar-refractivity contribution in [1.29, 1.82) is 0 Å². The van der Waals surface area contributed by atoms with Crippen LogP contribution in [0.3, 0.4) is 0 Å². The highest BCUT2D eigenvalue weighted by atomic mass is 28.4. The first-order chi connectivity index (χ1) is 13.7. The van der Waals surface area contributed by atoms with Crippen LogP contribution < -0.4 is 0 Å². The summed E-state index contributed by atoms with van der Waals surface area (Å²) in [4.78, 5) is 4.75. The van der Waals surface area contributed by atoms with Gasteiger partial charge in [0.15, 0.2) is 0 Å². The molecule has 148 valence electrons. The monoisotopic (exact) mass is 396 g/mol. The van der Waals surface area contributed by atoms with Crippen LogP contribution in [-0.4, -0.2) is 38.2 Å². The van der Waals surface area contributed by atoms with Crippen LogP contribution in [0.15, 0.2) is 67.0 Å². The van der Waals surface area contributed by atoms with Crippen LogP contribution in [0.2, 0.25) is 0 Å². The van der Waals surface area contributed by atoms with E-state index in [1.54, 1.807) is 0 Å². The van der Waals surface area contributed by atoms with Crippen LogP contribution in [0, 0.1) is 0 Å². The van der Waals surface area contributed by atoms with Gasteiger partial charge in [-0.2, -0.15) is 0 Å². The highest BCUT2D eigenvalue weighted by Crippen LogP contribution is 2.32. The quantitative estimate of drug-likeness (QED) is 0.462.